The second kappa shape index (κ2) is 3.50. The van der Waals surface area contributed by atoms with E-state index in [1.165, 1.54) is 24.8 Å². The van der Waals surface area contributed by atoms with E-state index in [-0.39, 0.29) is 0 Å². The molecule has 2 nitrogen and oxygen atoms in total. The normalized spacial score (nSPS) is 24.2. The fourth-order valence-electron chi connectivity index (χ4n) is 1.64. The van der Waals surface area contributed by atoms with E-state index in [1.54, 1.807) is 6.26 Å². The number of rotatable bonds is 1. The molecule has 0 aliphatic carbocycles. The smallest absolute Gasteiger partial charge is 0.193 e. The van der Waals surface area contributed by atoms with Crippen molar-refractivity contribution in [3.05, 3.63) is 23.1 Å². The molecule has 0 amide bonds. The van der Waals surface area contributed by atoms with Crippen molar-refractivity contribution in [3.8, 4) is 0 Å². The second-order valence-electron chi connectivity index (χ2n) is 3.19. The highest BCUT2D eigenvalue weighted by molar-refractivity contribution is 6.28. The molecule has 1 aliphatic rings. The Morgan fingerprint density at radius 2 is 2.42 bits per heavy atom. The summed E-state index contributed by atoms with van der Waals surface area (Å²) in [7, 11) is 0. The van der Waals surface area contributed by atoms with Crippen LogP contribution in [0.4, 0.5) is 0 Å². The van der Waals surface area contributed by atoms with Crippen molar-refractivity contribution in [2.24, 2.45) is 0 Å². The molecule has 3 heteroatoms. The zero-order chi connectivity index (χ0) is 8.39. The topological polar surface area (TPSA) is 25.2 Å². The lowest BCUT2D eigenvalue weighted by Gasteiger charge is -2.21. The van der Waals surface area contributed by atoms with Crippen molar-refractivity contribution in [1.82, 2.24) is 5.32 Å². The summed E-state index contributed by atoms with van der Waals surface area (Å²) in [6.07, 6.45) is 5.50. The molecule has 1 saturated heterocycles. The molecule has 0 saturated carbocycles. The number of furan rings is 1. The van der Waals surface area contributed by atoms with Crippen molar-refractivity contribution in [1.29, 1.82) is 0 Å². The van der Waals surface area contributed by atoms with Gasteiger partial charge >= 0.3 is 0 Å². The summed E-state index contributed by atoms with van der Waals surface area (Å²) >= 11 is 5.69. The lowest BCUT2D eigenvalue weighted by Crippen LogP contribution is -2.26. The Labute approximate surface area is 76.9 Å². The van der Waals surface area contributed by atoms with Gasteiger partial charge in [0.05, 0.1) is 6.26 Å². The molecule has 1 N–H and O–H groups in total. The van der Waals surface area contributed by atoms with Crippen molar-refractivity contribution in [2.45, 2.75) is 25.3 Å². The van der Waals surface area contributed by atoms with Crippen molar-refractivity contribution >= 4 is 11.6 Å². The summed E-state index contributed by atoms with van der Waals surface area (Å²) in [4.78, 5) is 0. The summed E-state index contributed by atoms with van der Waals surface area (Å²) < 4.78 is 5.04. The molecule has 12 heavy (non-hydrogen) atoms. The predicted octanol–water partition coefficient (Wildman–Crippen LogP) is 2.75. The van der Waals surface area contributed by atoms with Gasteiger partial charge in [-0.3, -0.25) is 0 Å². The Bertz CT molecular complexity index is 253. The summed E-state index contributed by atoms with van der Waals surface area (Å²) in [5.41, 5.74) is 1.18. The third kappa shape index (κ3) is 1.65. The third-order valence-electron chi connectivity index (χ3n) is 2.30. The fourth-order valence-corrected chi connectivity index (χ4v) is 1.81. The Hall–Kier alpha value is -0.470. The van der Waals surface area contributed by atoms with Crippen LogP contribution in [0, 0.1) is 0 Å². The standard InChI is InChI=1S/C9H12ClNO/c10-9-5-7(6-12-9)8-3-1-2-4-11-8/h5-6,8,11H,1-4H2/t8-/m0/s1. The van der Waals surface area contributed by atoms with E-state index in [0.29, 0.717) is 11.3 Å². The predicted molar refractivity (Wildman–Crippen MR) is 48.3 cm³/mol. The highest BCUT2D eigenvalue weighted by Crippen LogP contribution is 2.25. The van der Waals surface area contributed by atoms with Crippen LogP contribution in [0.3, 0.4) is 0 Å². The minimum absolute atomic E-state index is 0.454. The van der Waals surface area contributed by atoms with Crippen molar-refractivity contribution in [2.75, 3.05) is 6.54 Å². The Balaban J connectivity index is 2.08. The lowest BCUT2D eigenvalue weighted by atomic mass is 10.0. The first-order chi connectivity index (χ1) is 5.86. The van der Waals surface area contributed by atoms with Crippen molar-refractivity contribution in [3.63, 3.8) is 0 Å². The molecule has 1 aromatic rings. The zero-order valence-electron chi connectivity index (χ0n) is 6.85. The molecular formula is C9H12ClNO. The SMILES string of the molecule is Clc1cc([C@@H]2CCCCN2)co1. The third-order valence-corrected chi connectivity index (χ3v) is 2.50. The molecule has 66 valence electrons. The van der Waals surface area contributed by atoms with E-state index < -0.39 is 0 Å². The van der Waals surface area contributed by atoms with E-state index in [9.17, 15) is 0 Å². The van der Waals surface area contributed by atoms with E-state index in [1.807, 2.05) is 6.07 Å². The number of hydrogen-bond acceptors (Lipinski definition) is 2. The second-order valence-corrected chi connectivity index (χ2v) is 3.56. The number of nitrogens with one attached hydrogen (secondary N) is 1. The van der Waals surface area contributed by atoms with Gasteiger partial charge in [-0.2, -0.15) is 0 Å². The zero-order valence-corrected chi connectivity index (χ0v) is 7.60. The van der Waals surface area contributed by atoms with E-state index in [0.717, 1.165) is 6.54 Å². The van der Waals surface area contributed by atoms with Gasteiger partial charge in [-0.05, 0) is 31.0 Å². The van der Waals surface area contributed by atoms with Crippen LogP contribution < -0.4 is 5.32 Å². The van der Waals surface area contributed by atoms with Gasteiger partial charge in [-0.25, -0.2) is 0 Å². The molecule has 1 atom stereocenters. The van der Waals surface area contributed by atoms with Crippen LogP contribution in [0.5, 0.6) is 0 Å². The number of halogens is 1. The van der Waals surface area contributed by atoms with Crippen LogP contribution in [-0.2, 0) is 0 Å². The largest absolute Gasteiger partial charge is 0.453 e. The summed E-state index contributed by atoms with van der Waals surface area (Å²) in [5.74, 6) is 0. The first-order valence-electron chi connectivity index (χ1n) is 4.33. The molecule has 0 spiro atoms. The average molecular weight is 186 g/mol. The van der Waals surface area contributed by atoms with Crippen LogP contribution in [0.15, 0.2) is 16.7 Å². The van der Waals surface area contributed by atoms with E-state index >= 15 is 0 Å². The van der Waals surface area contributed by atoms with Crippen LogP contribution in [-0.4, -0.2) is 6.54 Å². The maximum Gasteiger partial charge on any atom is 0.193 e. The Morgan fingerprint density at radius 3 is 3.00 bits per heavy atom. The first-order valence-corrected chi connectivity index (χ1v) is 4.71. The average Bonchev–Trinajstić information content (AvgIpc) is 2.54. The van der Waals surface area contributed by atoms with Gasteiger partial charge < -0.3 is 9.73 Å². The quantitative estimate of drug-likeness (QED) is 0.728. The van der Waals surface area contributed by atoms with Gasteiger partial charge in [0.1, 0.15) is 0 Å². The highest BCUT2D eigenvalue weighted by Gasteiger charge is 2.16. The van der Waals surface area contributed by atoms with Crippen LogP contribution in [0.2, 0.25) is 5.22 Å². The van der Waals surface area contributed by atoms with Gasteiger partial charge in [-0.15, -0.1) is 0 Å². The fraction of sp³-hybridized carbons (Fsp3) is 0.556. The molecule has 2 heterocycles. The van der Waals surface area contributed by atoms with E-state index in [2.05, 4.69) is 5.32 Å². The lowest BCUT2D eigenvalue weighted by molar-refractivity contribution is 0.409. The maximum atomic E-state index is 5.69. The first kappa shape index (κ1) is 8.14. The minimum Gasteiger partial charge on any atom is -0.453 e. The molecular weight excluding hydrogens is 174 g/mol. The van der Waals surface area contributed by atoms with Crippen LogP contribution >= 0.6 is 11.6 Å². The minimum atomic E-state index is 0.454. The molecule has 0 unspecified atom stereocenters. The monoisotopic (exact) mass is 185 g/mol. The highest BCUT2D eigenvalue weighted by atomic mass is 35.5. The molecule has 1 aromatic heterocycles. The van der Waals surface area contributed by atoms with Gasteiger partial charge in [0.25, 0.3) is 0 Å². The number of hydrogen-bond donors (Lipinski definition) is 1. The maximum absolute atomic E-state index is 5.69. The summed E-state index contributed by atoms with van der Waals surface area (Å²) in [6, 6.07) is 2.35. The molecule has 0 radical (unpaired) electrons. The number of piperidine rings is 1. The molecule has 2 rings (SSSR count). The Kier molecular flexibility index (Phi) is 2.38. The van der Waals surface area contributed by atoms with Crippen LogP contribution in [0.1, 0.15) is 30.9 Å². The Morgan fingerprint density at radius 1 is 1.50 bits per heavy atom. The van der Waals surface area contributed by atoms with Crippen molar-refractivity contribution < 1.29 is 4.42 Å². The molecule has 1 fully saturated rings. The molecule has 0 aromatic carbocycles. The molecule has 0 bridgehead atoms. The van der Waals surface area contributed by atoms with E-state index in [4.69, 9.17) is 16.0 Å². The van der Waals surface area contributed by atoms with Gasteiger partial charge in [-0.1, -0.05) is 6.42 Å². The van der Waals surface area contributed by atoms with Crippen LogP contribution in [0.25, 0.3) is 0 Å². The van der Waals surface area contributed by atoms with Gasteiger partial charge in [0.15, 0.2) is 5.22 Å². The van der Waals surface area contributed by atoms with Gasteiger partial charge in [0.2, 0.25) is 0 Å². The summed E-state index contributed by atoms with van der Waals surface area (Å²) in [5, 5.41) is 3.91. The summed E-state index contributed by atoms with van der Waals surface area (Å²) in [6.45, 7) is 1.10. The van der Waals surface area contributed by atoms with Gasteiger partial charge in [0, 0.05) is 17.7 Å². The molecule has 1 aliphatic heterocycles.